The number of rotatable bonds is 2. The topological polar surface area (TPSA) is 67.8 Å². The van der Waals surface area contributed by atoms with Crippen LogP contribution in [0.5, 0.6) is 0 Å². The second kappa shape index (κ2) is 5.16. The number of halogens is 3. The Morgan fingerprint density at radius 1 is 1.25 bits per heavy atom. The van der Waals surface area contributed by atoms with Crippen molar-refractivity contribution in [3.8, 4) is 0 Å². The van der Waals surface area contributed by atoms with Crippen molar-refractivity contribution in [1.29, 1.82) is 0 Å². The van der Waals surface area contributed by atoms with Crippen molar-refractivity contribution in [2.24, 2.45) is 0 Å². The quantitative estimate of drug-likeness (QED) is 0.926. The van der Waals surface area contributed by atoms with Crippen LogP contribution in [-0.4, -0.2) is 21.1 Å². The van der Waals surface area contributed by atoms with Gasteiger partial charge in [0.05, 0.1) is 11.3 Å². The van der Waals surface area contributed by atoms with Gasteiger partial charge in [-0.2, -0.15) is 13.2 Å². The maximum atomic E-state index is 12.5. The molecule has 0 saturated heterocycles. The number of nitrogens with zero attached hydrogens (tertiary/aromatic N) is 3. The van der Waals surface area contributed by atoms with Crippen molar-refractivity contribution < 1.29 is 18.0 Å². The van der Waals surface area contributed by atoms with Crippen LogP contribution in [-0.2, 0) is 6.18 Å². The lowest BCUT2D eigenvalue weighted by Crippen LogP contribution is -2.16. The Balaban J connectivity index is 2.22. The van der Waals surface area contributed by atoms with Gasteiger partial charge in [-0.15, -0.1) is 10.2 Å². The molecule has 2 rings (SSSR count). The SMILES string of the molecule is Cc1nnc(NC(=O)c2ccc(C(F)(F)F)nc2C)s1. The first kappa shape index (κ1) is 14.4. The van der Waals surface area contributed by atoms with Gasteiger partial charge in [-0.05, 0) is 26.0 Å². The highest BCUT2D eigenvalue weighted by atomic mass is 32.1. The summed E-state index contributed by atoms with van der Waals surface area (Å²) in [6, 6.07) is 1.86. The lowest BCUT2D eigenvalue weighted by Gasteiger charge is -2.09. The lowest BCUT2D eigenvalue weighted by molar-refractivity contribution is -0.141. The first-order chi connectivity index (χ1) is 9.27. The minimum absolute atomic E-state index is 0.00133. The maximum absolute atomic E-state index is 12.5. The van der Waals surface area contributed by atoms with Gasteiger partial charge in [0.2, 0.25) is 5.13 Å². The number of carbonyl (C=O) groups is 1. The highest BCUT2D eigenvalue weighted by Gasteiger charge is 2.33. The normalized spacial score (nSPS) is 11.4. The first-order valence-electron chi connectivity index (χ1n) is 5.43. The number of hydrogen-bond acceptors (Lipinski definition) is 5. The molecule has 2 aromatic heterocycles. The summed E-state index contributed by atoms with van der Waals surface area (Å²) < 4.78 is 37.4. The van der Waals surface area contributed by atoms with Crippen LogP contribution in [0.1, 0.15) is 26.8 Å². The van der Waals surface area contributed by atoms with Crippen LogP contribution in [0.2, 0.25) is 0 Å². The summed E-state index contributed by atoms with van der Waals surface area (Å²) in [5.74, 6) is -0.570. The van der Waals surface area contributed by atoms with Gasteiger partial charge < -0.3 is 0 Å². The third kappa shape index (κ3) is 3.10. The number of hydrogen-bond donors (Lipinski definition) is 1. The molecule has 0 aliphatic rings. The van der Waals surface area contributed by atoms with E-state index in [0.29, 0.717) is 5.01 Å². The fourth-order valence-electron chi connectivity index (χ4n) is 1.47. The zero-order valence-corrected chi connectivity index (χ0v) is 11.3. The molecule has 0 atom stereocenters. The molecule has 0 unspecified atom stereocenters. The monoisotopic (exact) mass is 302 g/mol. The third-order valence-corrected chi connectivity index (χ3v) is 3.12. The van der Waals surface area contributed by atoms with E-state index in [0.717, 1.165) is 12.1 Å². The van der Waals surface area contributed by atoms with Gasteiger partial charge in [0.15, 0.2) is 0 Å². The predicted molar refractivity (Wildman–Crippen MR) is 66.6 cm³/mol. The minimum atomic E-state index is -4.53. The Morgan fingerprint density at radius 2 is 1.95 bits per heavy atom. The molecule has 106 valence electrons. The summed E-state index contributed by atoms with van der Waals surface area (Å²) in [7, 11) is 0. The predicted octanol–water partition coefficient (Wildman–Crippen LogP) is 2.82. The zero-order valence-electron chi connectivity index (χ0n) is 10.4. The van der Waals surface area contributed by atoms with Crippen molar-refractivity contribution in [3.05, 3.63) is 34.1 Å². The molecule has 0 aromatic carbocycles. The Hall–Kier alpha value is -2.03. The molecule has 0 spiro atoms. The van der Waals surface area contributed by atoms with E-state index in [1.165, 1.54) is 18.3 Å². The molecule has 20 heavy (non-hydrogen) atoms. The van der Waals surface area contributed by atoms with Crippen LogP contribution in [0.3, 0.4) is 0 Å². The smallest absolute Gasteiger partial charge is 0.296 e. The summed E-state index contributed by atoms with van der Waals surface area (Å²) in [5, 5.41) is 10.8. The minimum Gasteiger partial charge on any atom is -0.296 e. The van der Waals surface area contributed by atoms with Crippen molar-refractivity contribution in [1.82, 2.24) is 15.2 Å². The summed E-state index contributed by atoms with van der Waals surface area (Å²) in [5.41, 5.74) is -0.970. The van der Waals surface area contributed by atoms with Gasteiger partial charge in [0, 0.05) is 0 Å². The van der Waals surface area contributed by atoms with Crippen LogP contribution >= 0.6 is 11.3 Å². The molecule has 1 amide bonds. The van der Waals surface area contributed by atoms with E-state index < -0.39 is 17.8 Å². The highest BCUT2D eigenvalue weighted by molar-refractivity contribution is 7.15. The number of aryl methyl sites for hydroxylation is 2. The molecule has 0 radical (unpaired) electrons. The van der Waals surface area contributed by atoms with Gasteiger partial charge in [-0.3, -0.25) is 10.1 Å². The summed E-state index contributed by atoms with van der Waals surface area (Å²) >= 11 is 1.17. The number of carbonyl (C=O) groups excluding carboxylic acids is 1. The van der Waals surface area contributed by atoms with Crippen molar-refractivity contribution >= 4 is 22.4 Å². The number of alkyl halides is 3. The van der Waals surface area contributed by atoms with Crippen molar-refractivity contribution in [2.75, 3.05) is 5.32 Å². The second-order valence-corrected chi connectivity index (χ2v) is 5.09. The number of aromatic nitrogens is 3. The van der Waals surface area contributed by atoms with E-state index in [1.54, 1.807) is 6.92 Å². The Bertz CT molecular complexity index is 653. The van der Waals surface area contributed by atoms with Gasteiger partial charge in [0.25, 0.3) is 5.91 Å². The number of nitrogens with one attached hydrogen (secondary N) is 1. The van der Waals surface area contributed by atoms with Crippen molar-refractivity contribution in [3.63, 3.8) is 0 Å². The molecular weight excluding hydrogens is 293 g/mol. The molecule has 2 aromatic rings. The molecule has 0 bridgehead atoms. The summed E-state index contributed by atoms with van der Waals surface area (Å²) in [4.78, 5) is 15.3. The van der Waals surface area contributed by atoms with Gasteiger partial charge in [0.1, 0.15) is 10.7 Å². The van der Waals surface area contributed by atoms with Crippen LogP contribution in [0.4, 0.5) is 18.3 Å². The fraction of sp³-hybridized carbons (Fsp3) is 0.273. The lowest BCUT2D eigenvalue weighted by atomic mass is 10.1. The van der Waals surface area contributed by atoms with Crippen LogP contribution in [0.25, 0.3) is 0 Å². The Labute approximate surface area is 115 Å². The second-order valence-electron chi connectivity index (χ2n) is 3.91. The average molecular weight is 302 g/mol. The van der Waals surface area contributed by atoms with E-state index in [9.17, 15) is 18.0 Å². The molecule has 0 aliphatic carbocycles. The number of anilines is 1. The van der Waals surface area contributed by atoms with E-state index in [1.807, 2.05) is 0 Å². The first-order valence-corrected chi connectivity index (χ1v) is 6.25. The largest absolute Gasteiger partial charge is 0.433 e. The number of amides is 1. The summed E-state index contributed by atoms with van der Waals surface area (Å²) in [6.07, 6.45) is -4.53. The summed E-state index contributed by atoms with van der Waals surface area (Å²) in [6.45, 7) is 3.06. The highest BCUT2D eigenvalue weighted by Crippen LogP contribution is 2.28. The Morgan fingerprint density at radius 3 is 2.45 bits per heavy atom. The van der Waals surface area contributed by atoms with Crippen molar-refractivity contribution in [2.45, 2.75) is 20.0 Å². The zero-order chi connectivity index (χ0) is 14.9. The number of pyridine rings is 1. The molecule has 2 heterocycles. The fourth-order valence-corrected chi connectivity index (χ4v) is 2.06. The molecule has 0 saturated carbocycles. The molecule has 5 nitrogen and oxygen atoms in total. The molecule has 1 N–H and O–H groups in total. The van der Waals surface area contributed by atoms with E-state index in [-0.39, 0.29) is 16.4 Å². The van der Waals surface area contributed by atoms with Gasteiger partial charge in [-0.25, -0.2) is 4.98 Å². The van der Waals surface area contributed by atoms with E-state index in [2.05, 4.69) is 20.5 Å². The van der Waals surface area contributed by atoms with Crippen LogP contribution < -0.4 is 5.32 Å². The average Bonchev–Trinajstić information content (AvgIpc) is 2.73. The molecule has 9 heteroatoms. The molecular formula is C11H9F3N4OS. The van der Waals surface area contributed by atoms with E-state index >= 15 is 0 Å². The Kier molecular flexibility index (Phi) is 3.71. The van der Waals surface area contributed by atoms with Crippen LogP contribution in [0, 0.1) is 13.8 Å². The molecule has 0 aliphatic heterocycles. The third-order valence-electron chi connectivity index (χ3n) is 2.37. The maximum Gasteiger partial charge on any atom is 0.433 e. The van der Waals surface area contributed by atoms with E-state index in [4.69, 9.17) is 0 Å². The standard InChI is InChI=1S/C11H9F3N4OS/c1-5-7(3-4-8(15-5)11(12,13)14)9(19)16-10-18-17-6(2)20-10/h3-4H,1-2H3,(H,16,18,19). The van der Waals surface area contributed by atoms with Gasteiger partial charge >= 0.3 is 6.18 Å². The molecule has 0 fully saturated rings. The van der Waals surface area contributed by atoms with Gasteiger partial charge in [-0.1, -0.05) is 11.3 Å². The van der Waals surface area contributed by atoms with Crippen LogP contribution in [0.15, 0.2) is 12.1 Å².